The standard InChI is InChI=1S/C15H21NO4P2/c1-4-9-15-20-12-10-11(14(17)16-22(15,19)6-3)7-8-13(12)21(15,18)5-2/h7-8,10H,4-6,9H2,1-3H3,(H,16,17,19). The Hall–Kier alpha value is -1.05. The first-order valence-electron chi connectivity index (χ1n) is 7.72. The van der Waals surface area contributed by atoms with E-state index < -0.39 is 19.5 Å². The summed E-state index contributed by atoms with van der Waals surface area (Å²) in [6.45, 7) is 5.56. The van der Waals surface area contributed by atoms with Crippen LogP contribution in [0.4, 0.5) is 0 Å². The lowest BCUT2D eigenvalue weighted by Gasteiger charge is -2.40. The van der Waals surface area contributed by atoms with E-state index in [0.29, 0.717) is 35.6 Å². The van der Waals surface area contributed by atoms with Crippen LogP contribution in [0.2, 0.25) is 0 Å². The van der Waals surface area contributed by atoms with Gasteiger partial charge in [-0.3, -0.25) is 14.4 Å². The lowest BCUT2D eigenvalue weighted by atomic mass is 10.2. The van der Waals surface area contributed by atoms with Gasteiger partial charge >= 0.3 is 0 Å². The zero-order chi connectivity index (χ0) is 16.2. The fourth-order valence-electron chi connectivity index (χ4n) is 3.61. The molecular weight excluding hydrogens is 320 g/mol. The Kier molecular flexibility index (Phi) is 3.58. The first-order valence-corrected chi connectivity index (χ1v) is 11.5. The van der Waals surface area contributed by atoms with Gasteiger partial charge in [0.05, 0.1) is 5.30 Å². The van der Waals surface area contributed by atoms with E-state index in [1.165, 1.54) is 0 Å². The van der Waals surface area contributed by atoms with Gasteiger partial charge in [-0.2, -0.15) is 0 Å². The molecule has 7 heteroatoms. The monoisotopic (exact) mass is 341 g/mol. The van der Waals surface area contributed by atoms with Gasteiger partial charge in [0.15, 0.2) is 7.14 Å². The normalized spacial score (nSPS) is 35.7. The topological polar surface area (TPSA) is 72.5 Å². The van der Waals surface area contributed by atoms with Gasteiger partial charge in [0, 0.05) is 24.3 Å². The third-order valence-corrected chi connectivity index (χ3v) is 13.1. The first kappa shape index (κ1) is 15.8. The van der Waals surface area contributed by atoms with Crippen molar-refractivity contribution in [3.05, 3.63) is 23.8 Å². The molecule has 0 saturated carbocycles. The number of nitrogens with one attached hydrogen (secondary N) is 1. The Bertz CT molecular complexity index is 745. The van der Waals surface area contributed by atoms with Crippen LogP contribution in [0.25, 0.3) is 0 Å². The molecule has 1 amide bonds. The second-order valence-electron chi connectivity index (χ2n) is 5.83. The Morgan fingerprint density at radius 2 is 1.91 bits per heavy atom. The molecule has 3 atom stereocenters. The fraction of sp³-hybridized carbons (Fsp3) is 0.533. The van der Waals surface area contributed by atoms with Crippen LogP contribution >= 0.6 is 14.4 Å². The quantitative estimate of drug-likeness (QED) is 0.850. The number of carbonyl (C=O) groups excluding carboxylic acids is 1. The molecule has 0 aromatic heterocycles. The molecule has 22 heavy (non-hydrogen) atoms. The van der Waals surface area contributed by atoms with Crippen molar-refractivity contribution >= 4 is 25.6 Å². The Labute approximate surface area is 130 Å². The van der Waals surface area contributed by atoms with Gasteiger partial charge in [0.2, 0.25) is 12.4 Å². The van der Waals surface area contributed by atoms with Crippen LogP contribution in [0.3, 0.4) is 0 Å². The second kappa shape index (κ2) is 4.97. The number of benzene rings is 1. The number of hydrogen-bond acceptors (Lipinski definition) is 4. The summed E-state index contributed by atoms with van der Waals surface area (Å²) in [7, 11) is -6.36. The maximum absolute atomic E-state index is 13.9. The van der Waals surface area contributed by atoms with E-state index in [1.807, 2.05) is 13.8 Å². The van der Waals surface area contributed by atoms with Crippen molar-refractivity contribution in [1.82, 2.24) is 5.09 Å². The molecule has 1 N–H and O–H groups in total. The van der Waals surface area contributed by atoms with E-state index in [-0.39, 0.29) is 12.1 Å². The Balaban J connectivity index is 2.39. The molecule has 3 bridgehead atoms. The minimum Gasteiger partial charge on any atom is -0.469 e. The average molecular weight is 341 g/mol. The van der Waals surface area contributed by atoms with Crippen molar-refractivity contribution in [1.29, 1.82) is 0 Å². The molecule has 0 saturated heterocycles. The van der Waals surface area contributed by atoms with Gasteiger partial charge < -0.3 is 9.30 Å². The predicted molar refractivity (Wildman–Crippen MR) is 88.1 cm³/mol. The van der Waals surface area contributed by atoms with E-state index in [0.717, 1.165) is 0 Å². The third kappa shape index (κ3) is 1.70. The summed E-state index contributed by atoms with van der Waals surface area (Å²) >= 11 is 0. The van der Waals surface area contributed by atoms with Crippen LogP contribution in [0.5, 0.6) is 5.75 Å². The van der Waals surface area contributed by atoms with E-state index in [9.17, 15) is 13.9 Å². The highest BCUT2D eigenvalue weighted by Crippen LogP contribution is 2.79. The third-order valence-electron chi connectivity index (χ3n) is 4.76. The maximum Gasteiger partial charge on any atom is 0.256 e. The maximum atomic E-state index is 13.9. The van der Waals surface area contributed by atoms with Crippen molar-refractivity contribution in [2.45, 2.75) is 38.7 Å². The van der Waals surface area contributed by atoms with Crippen LogP contribution in [-0.2, 0) is 9.13 Å². The molecule has 0 aliphatic carbocycles. The number of fused-ring (bicyclic) bond motifs is 2. The van der Waals surface area contributed by atoms with Crippen molar-refractivity contribution in [2.75, 3.05) is 12.3 Å². The molecule has 2 aliphatic heterocycles. The SMILES string of the molecule is CCCC12Oc3cc(ccc3P1(=O)CC)C(=O)NP2(=O)CC. The predicted octanol–water partition coefficient (Wildman–Crippen LogP) is 3.58. The molecule has 0 radical (unpaired) electrons. The molecule has 2 aliphatic rings. The van der Waals surface area contributed by atoms with Gasteiger partial charge in [-0.25, -0.2) is 0 Å². The second-order valence-corrected chi connectivity index (χ2v) is 12.6. The summed E-state index contributed by atoms with van der Waals surface area (Å²) in [6.07, 6.45) is 1.70. The summed E-state index contributed by atoms with van der Waals surface area (Å²) in [4.78, 5) is 12.4. The summed E-state index contributed by atoms with van der Waals surface area (Å²) < 4.78 is 33.7. The zero-order valence-corrected chi connectivity index (χ0v) is 14.9. The molecule has 5 nitrogen and oxygen atoms in total. The van der Waals surface area contributed by atoms with Crippen LogP contribution in [0.15, 0.2) is 18.2 Å². The largest absolute Gasteiger partial charge is 0.469 e. The van der Waals surface area contributed by atoms with Crippen LogP contribution in [-0.4, -0.2) is 23.3 Å². The average Bonchev–Trinajstić information content (AvgIpc) is 2.78. The minimum atomic E-state index is -3.32. The molecule has 3 rings (SSSR count). The lowest BCUT2D eigenvalue weighted by molar-refractivity contribution is 0.0972. The summed E-state index contributed by atoms with van der Waals surface area (Å²) in [5.74, 6) is 0.103. The van der Waals surface area contributed by atoms with Crippen molar-refractivity contribution < 1.29 is 18.7 Å². The summed E-state index contributed by atoms with van der Waals surface area (Å²) in [6, 6.07) is 4.99. The minimum absolute atomic E-state index is 0.233. The van der Waals surface area contributed by atoms with Gasteiger partial charge in [0.25, 0.3) is 5.91 Å². The van der Waals surface area contributed by atoms with Crippen molar-refractivity contribution in [3.8, 4) is 5.75 Å². The van der Waals surface area contributed by atoms with Gasteiger partial charge in [0.1, 0.15) is 5.75 Å². The van der Waals surface area contributed by atoms with Crippen molar-refractivity contribution in [3.63, 3.8) is 0 Å². The van der Waals surface area contributed by atoms with E-state index in [1.54, 1.807) is 25.1 Å². The number of amides is 1. The number of carbonyl (C=O) groups is 1. The van der Waals surface area contributed by atoms with Gasteiger partial charge in [-0.05, 0) is 18.2 Å². The zero-order valence-electron chi connectivity index (χ0n) is 13.1. The van der Waals surface area contributed by atoms with Gasteiger partial charge in [-0.1, -0.05) is 27.2 Å². The lowest BCUT2D eigenvalue weighted by Crippen LogP contribution is -2.41. The van der Waals surface area contributed by atoms with E-state index >= 15 is 0 Å². The van der Waals surface area contributed by atoms with Crippen LogP contribution in [0, 0.1) is 0 Å². The molecule has 120 valence electrons. The summed E-state index contributed by atoms with van der Waals surface area (Å²) in [5.41, 5.74) is 0.405. The highest BCUT2D eigenvalue weighted by Gasteiger charge is 2.66. The van der Waals surface area contributed by atoms with Crippen molar-refractivity contribution in [2.24, 2.45) is 0 Å². The number of hydrogen-bond donors (Lipinski definition) is 1. The van der Waals surface area contributed by atoms with Crippen LogP contribution < -0.4 is 15.1 Å². The Morgan fingerprint density at radius 1 is 1.18 bits per heavy atom. The molecule has 1 aromatic rings. The summed E-state index contributed by atoms with van der Waals surface area (Å²) in [5, 5.41) is 2.04. The van der Waals surface area contributed by atoms with E-state index in [4.69, 9.17) is 4.74 Å². The van der Waals surface area contributed by atoms with E-state index in [2.05, 4.69) is 5.09 Å². The molecule has 3 unspecified atom stereocenters. The highest BCUT2D eigenvalue weighted by atomic mass is 31.2. The molecule has 2 heterocycles. The number of ether oxygens (including phenoxy) is 1. The highest BCUT2D eigenvalue weighted by molar-refractivity contribution is 7.86. The van der Waals surface area contributed by atoms with Crippen LogP contribution in [0.1, 0.15) is 44.0 Å². The fourth-order valence-corrected chi connectivity index (χ4v) is 12.0. The molecule has 0 spiro atoms. The first-order chi connectivity index (χ1) is 10.4. The molecular formula is C15H21NO4P2. The molecule has 1 aromatic carbocycles. The smallest absolute Gasteiger partial charge is 0.256 e. The Morgan fingerprint density at radius 3 is 2.50 bits per heavy atom. The number of rotatable bonds is 4. The van der Waals surface area contributed by atoms with Gasteiger partial charge in [-0.15, -0.1) is 0 Å². The molecule has 0 fully saturated rings.